The van der Waals surface area contributed by atoms with Gasteiger partial charge >= 0.3 is 0 Å². The average molecular weight is 144 g/mol. The number of aromatic nitrogens is 3. The van der Waals surface area contributed by atoms with Crippen LogP contribution >= 0.6 is 11.5 Å². The molecule has 0 unspecified atom stereocenters. The smallest absolute Gasteiger partial charge is 0.122 e. The summed E-state index contributed by atoms with van der Waals surface area (Å²) in [6.07, 6.45) is 0. The predicted molar refractivity (Wildman–Crippen MR) is 34.9 cm³/mol. The lowest BCUT2D eigenvalue weighted by Gasteiger charge is -1.94. The zero-order valence-electron chi connectivity index (χ0n) is 5.61. The van der Waals surface area contributed by atoms with Gasteiger partial charge in [0.1, 0.15) is 11.0 Å². The van der Waals surface area contributed by atoms with E-state index in [0.717, 1.165) is 6.54 Å². The van der Waals surface area contributed by atoms with E-state index in [1.165, 1.54) is 11.5 Å². The van der Waals surface area contributed by atoms with Gasteiger partial charge in [-0.2, -0.15) is 0 Å². The maximum absolute atomic E-state index is 3.84. The Balaban J connectivity index is 2.48. The highest BCUT2D eigenvalue weighted by atomic mass is 32.1. The normalized spacial score (nSPS) is 10.6. The molecule has 0 N–H and O–H groups in total. The van der Waals surface area contributed by atoms with Crippen LogP contribution in [-0.4, -0.2) is 9.70 Å². The third-order valence-electron chi connectivity index (χ3n) is 0.920. The van der Waals surface area contributed by atoms with Gasteiger partial charge in [-0.1, -0.05) is 13.8 Å². The molecule has 1 aromatic heterocycles. The van der Waals surface area contributed by atoms with Crippen molar-refractivity contribution in [1.82, 2.24) is 9.70 Å². The summed E-state index contributed by atoms with van der Waals surface area (Å²) in [4.78, 5) is 0. The van der Waals surface area contributed by atoms with E-state index in [-0.39, 0.29) is 0 Å². The van der Waals surface area contributed by atoms with Crippen LogP contribution in [0.25, 0.3) is 0 Å². The molecule has 0 amide bonds. The van der Waals surface area contributed by atoms with Crippen LogP contribution < -0.4 is 4.68 Å². The molecule has 0 aliphatic rings. The third-order valence-corrected chi connectivity index (χ3v) is 1.42. The minimum atomic E-state index is 0.652. The van der Waals surface area contributed by atoms with Crippen molar-refractivity contribution in [2.75, 3.05) is 0 Å². The Morgan fingerprint density at radius 3 is 2.89 bits per heavy atom. The summed E-state index contributed by atoms with van der Waals surface area (Å²) in [5.41, 5.74) is 1.92. The van der Waals surface area contributed by atoms with Crippen LogP contribution in [0, 0.1) is 5.92 Å². The molecule has 50 valence electrons. The fraction of sp³-hybridized carbons (Fsp3) is 0.800. The highest BCUT2D eigenvalue weighted by molar-refractivity contribution is 7.02. The number of hydrogen-bond donors (Lipinski definition) is 0. The minimum absolute atomic E-state index is 0.652. The molecule has 4 heteroatoms. The van der Waals surface area contributed by atoms with E-state index in [4.69, 9.17) is 0 Å². The Hall–Kier alpha value is -0.510. The Bertz CT molecular complexity index is 159. The summed E-state index contributed by atoms with van der Waals surface area (Å²) in [7, 11) is 0. The largest absolute Gasteiger partial charge is 0.212 e. The van der Waals surface area contributed by atoms with Gasteiger partial charge in [-0.05, 0) is 5.92 Å². The first kappa shape index (κ1) is 6.61. The summed E-state index contributed by atoms with van der Waals surface area (Å²) >= 11 is 1.38. The molecule has 0 aromatic carbocycles. The van der Waals surface area contributed by atoms with Crippen LogP contribution in [0.15, 0.2) is 5.51 Å². The minimum Gasteiger partial charge on any atom is -0.122 e. The van der Waals surface area contributed by atoms with Crippen molar-refractivity contribution < 1.29 is 4.68 Å². The van der Waals surface area contributed by atoms with Gasteiger partial charge < -0.3 is 0 Å². The molecule has 0 aliphatic carbocycles. The number of hydrogen-bond acceptors (Lipinski definition) is 3. The van der Waals surface area contributed by atoms with E-state index in [1.54, 1.807) is 0 Å². The Kier molecular flexibility index (Phi) is 2.10. The van der Waals surface area contributed by atoms with Gasteiger partial charge in [0.2, 0.25) is 5.51 Å². The third kappa shape index (κ3) is 2.05. The molecule has 9 heavy (non-hydrogen) atoms. The van der Waals surface area contributed by atoms with Crippen molar-refractivity contribution >= 4 is 11.5 Å². The zero-order chi connectivity index (χ0) is 6.69. The molecule has 1 rings (SSSR count). The molecule has 0 aliphatic heterocycles. The monoisotopic (exact) mass is 144 g/mol. The quantitative estimate of drug-likeness (QED) is 0.565. The van der Waals surface area contributed by atoms with Crippen LogP contribution in [0.1, 0.15) is 13.8 Å². The van der Waals surface area contributed by atoms with Gasteiger partial charge in [0.15, 0.2) is 16.7 Å². The molecule has 0 bridgehead atoms. The van der Waals surface area contributed by atoms with Gasteiger partial charge in [0.05, 0.1) is 0 Å². The highest BCUT2D eigenvalue weighted by Crippen LogP contribution is 1.89. The first-order valence-electron chi connectivity index (χ1n) is 2.96. The first-order valence-corrected chi connectivity index (χ1v) is 3.79. The summed E-state index contributed by atoms with van der Waals surface area (Å²) < 4.78 is 5.59. The molecule has 0 spiro atoms. The Labute approximate surface area is 58.5 Å². The Morgan fingerprint density at radius 2 is 2.44 bits per heavy atom. The lowest BCUT2D eigenvalue weighted by atomic mass is 10.2. The molecule has 1 aromatic rings. The van der Waals surface area contributed by atoms with E-state index in [9.17, 15) is 0 Å². The second kappa shape index (κ2) is 2.87. The molecule has 1 heterocycles. The molecular weight excluding hydrogens is 134 g/mol. The topological polar surface area (TPSA) is 29.7 Å². The van der Waals surface area contributed by atoms with E-state index >= 15 is 0 Å². The van der Waals surface area contributed by atoms with Gasteiger partial charge in [-0.25, -0.2) is 0 Å². The van der Waals surface area contributed by atoms with Crippen LogP contribution in [0.5, 0.6) is 0 Å². The maximum atomic E-state index is 3.84. The van der Waals surface area contributed by atoms with Crippen molar-refractivity contribution in [2.24, 2.45) is 5.92 Å². The molecule has 0 saturated carbocycles. The van der Waals surface area contributed by atoms with Crippen molar-refractivity contribution in [1.29, 1.82) is 0 Å². The standard InChI is InChI=1S/C5H10N3S/c1-5(2)3-8-4-9-7-6-8/h4-5H,3H2,1-2H3/q+1. The van der Waals surface area contributed by atoms with Crippen LogP contribution in [-0.2, 0) is 6.54 Å². The van der Waals surface area contributed by atoms with Crippen molar-refractivity contribution in [2.45, 2.75) is 20.4 Å². The molecule has 0 radical (unpaired) electrons. The van der Waals surface area contributed by atoms with Crippen LogP contribution in [0.3, 0.4) is 0 Å². The SMILES string of the molecule is CC(C)C[n+]1csnn1. The summed E-state index contributed by atoms with van der Waals surface area (Å²) in [5.74, 6) is 0.652. The number of rotatable bonds is 2. The Morgan fingerprint density at radius 1 is 1.67 bits per heavy atom. The van der Waals surface area contributed by atoms with E-state index < -0.39 is 0 Å². The van der Waals surface area contributed by atoms with Crippen molar-refractivity contribution in [3.8, 4) is 0 Å². The second-order valence-electron chi connectivity index (χ2n) is 2.40. The van der Waals surface area contributed by atoms with Crippen LogP contribution in [0.2, 0.25) is 0 Å². The molecule has 0 saturated heterocycles. The van der Waals surface area contributed by atoms with Crippen LogP contribution in [0.4, 0.5) is 0 Å². The van der Waals surface area contributed by atoms with E-state index in [0.29, 0.717) is 5.92 Å². The number of nitrogens with zero attached hydrogens (tertiary/aromatic N) is 3. The van der Waals surface area contributed by atoms with Gasteiger partial charge in [0.25, 0.3) is 0 Å². The summed E-state index contributed by atoms with van der Waals surface area (Å²) in [6, 6.07) is 0. The summed E-state index contributed by atoms with van der Waals surface area (Å²) in [6.45, 7) is 5.29. The van der Waals surface area contributed by atoms with Gasteiger partial charge in [-0.3, -0.25) is 0 Å². The zero-order valence-corrected chi connectivity index (χ0v) is 6.43. The van der Waals surface area contributed by atoms with E-state index in [1.807, 2.05) is 10.2 Å². The maximum Gasteiger partial charge on any atom is 0.212 e. The van der Waals surface area contributed by atoms with Crippen molar-refractivity contribution in [3.05, 3.63) is 5.51 Å². The van der Waals surface area contributed by atoms with E-state index in [2.05, 4.69) is 23.5 Å². The van der Waals surface area contributed by atoms with Gasteiger partial charge in [-0.15, -0.1) is 4.68 Å². The second-order valence-corrected chi connectivity index (χ2v) is 2.98. The molecule has 3 nitrogen and oxygen atoms in total. The van der Waals surface area contributed by atoms with Crippen molar-refractivity contribution in [3.63, 3.8) is 0 Å². The first-order chi connectivity index (χ1) is 4.29. The fourth-order valence-corrected chi connectivity index (χ4v) is 1.03. The molecule has 0 fully saturated rings. The lowest BCUT2D eigenvalue weighted by Crippen LogP contribution is -2.37. The fourth-order valence-electron chi connectivity index (χ4n) is 0.618. The molecular formula is C5H10N3S+. The highest BCUT2D eigenvalue weighted by Gasteiger charge is 2.03. The summed E-state index contributed by atoms with van der Waals surface area (Å²) in [5, 5.41) is 3.84. The van der Waals surface area contributed by atoms with Gasteiger partial charge in [0, 0.05) is 0 Å². The average Bonchev–Trinajstić information content (AvgIpc) is 2.15. The predicted octanol–water partition coefficient (Wildman–Crippen LogP) is 0.482. The molecule has 0 atom stereocenters. The lowest BCUT2D eigenvalue weighted by molar-refractivity contribution is -0.757.